The molecule has 232 valence electrons. The summed E-state index contributed by atoms with van der Waals surface area (Å²) in [6.45, 7) is 6.35. The van der Waals surface area contributed by atoms with Crippen molar-refractivity contribution in [2.45, 2.75) is 38.5 Å². The average molecular weight is 625 g/mol. The van der Waals surface area contributed by atoms with Crippen molar-refractivity contribution in [3.8, 4) is 28.2 Å². The molecule has 1 atom stereocenters. The predicted octanol–water partition coefficient (Wildman–Crippen LogP) is 7.00. The Bertz CT molecular complexity index is 1870. The SMILES string of the molecule is CC(C)(C)c1ccc(C(Cc2ccc(C(=O)NCCS(=O)(=O)O)cc2)c2cc(-c3cccc(-c4ccc(O)cc4)c3)on2)cc1. The van der Waals surface area contributed by atoms with Gasteiger partial charge >= 0.3 is 0 Å². The summed E-state index contributed by atoms with van der Waals surface area (Å²) >= 11 is 0. The highest BCUT2D eigenvalue weighted by Gasteiger charge is 2.22. The number of benzene rings is 4. The fourth-order valence-corrected chi connectivity index (χ4v) is 5.49. The first-order valence-electron chi connectivity index (χ1n) is 14.6. The number of amides is 1. The highest BCUT2D eigenvalue weighted by Crippen LogP contribution is 2.34. The molecule has 1 heterocycles. The van der Waals surface area contributed by atoms with Crippen molar-refractivity contribution in [3.63, 3.8) is 0 Å². The number of aromatic nitrogens is 1. The Morgan fingerprint density at radius 1 is 0.867 bits per heavy atom. The first-order valence-corrected chi connectivity index (χ1v) is 16.3. The monoisotopic (exact) mass is 624 g/mol. The van der Waals surface area contributed by atoms with Crippen molar-refractivity contribution in [3.05, 3.63) is 131 Å². The zero-order chi connectivity index (χ0) is 32.2. The van der Waals surface area contributed by atoms with Crippen molar-refractivity contribution < 1.29 is 27.4 Å². The number of hydrogen-bond donors (Lipinski definition) is 3. The van der Waals surface area contributed by atoms with Crippen LogP contribution in [-0.2, 0) is 22.0 Å². The fourth-order valence-electron chi connectivity index (χ4n) is 5.13. The lowest BCUT2D eigenvalue weighted by Crippen LogP contribution is -2.28. The van der Waals surface area contributed by atoms with Gasteiger partial charge < -0.3 is 14.9 Å². The molecule has 4 aromatic carbocycles. The zero-order valence-electron chi connectivity index (χ0n) is 25.4. The second kappa shape index (κ2) is 13.1. The Morgan fingerprint density at radius 3 is 2.18 bits per heavy atom. The molecule has 0 saturated heterocycles. The van der Waals surface area contributed by atoms with E-state index in [-0.39, 0.29) is 23.6 Å². The van der Waals surface area contributed by atoms with Crippen LogP contribution in [0.15, 0.2) is 108 Å². The minimum Gasteiger partial charge on any atom is -0.508 e. The Hall–Kier alpha value is -4.73. The van der Waals surface area contributed by atoms with Crippen LogP contribution in [0.3, 0.4) is 0 Å². The molecule has 1 aromatic heterocycles. The topological polar surface area (TPSA) is 130 Å². The fraction of sp³-hybridized carbons (Fsp3) is 0.222. The van der Waals surface area contributed by atoms with Gasteiger partial charge in [-0.05, 0) is 70.0 Å². The van der Waals surface area contributed by atoms with Crippen LogP contribution in [0.1, 0.15) is 59.4 Å². The number of nitrogens with zero attached hydrogens (tertiary/aromatic N) is 1. The number of aromatic hydroxyl groups is 1. The number of phenols is 1. The van der Waals surface area contributed by atoms with Crippen LogP contribution in [0.25, 0.3) is 22.5 Å². The summed E-state index contributed by atoms with van der Waals surface area (Å²) in [6, 6.07) is 32.7. The molecule has 0 saturated carbocycles. The lowest BCUT2D eigenvalue weighted by Gasteiger charge is -2.21. The lowest BCUT2D eigenvalue weighted by molar-refractivity contribution is 0.0956. The van der Waals surface area contributed by atoms with E-state index in [1.54, 1.807) is 24.3 Å². The first kappa shape index (κ1) is 31.7. The van der Waals surface area contributed by atoms with Crippen LogP contribution >= 0.6 is 0 Å². The smallest absolute Gasteiger partial charge is 0.266 e. The highest BCUT2D eigenvalue weighted by molar-refractivity contribution is 7.85. The number of hydrogen-bond acceptors (Lipinski definition) is 6. The molecule has 9 heteroatoms. The molecular formula is C36H36N2O6S. The molecule has 0 aliphatic carbocycles. The summed E-state index contributed by atoms with van der Waals surface area (Å²) < 4.78 is 36.7. The van der Waals surface area contributed by atoms with Gasteiger partial charge in [0.25, 0.3) is 16.0 Å². The largest absolute Gasteiger partial charge is 0.508 e. The molecule has 45 heavy (non-hydrogen) atoms. The summed E-state index contributed by atoms with van der Waals surface area (Å²) in [5.41, 5.74) is 7.29. The molecule has 0 aliphatic rings. The summed E-state index contributed by atoms with van der Waals surface area (Å²) in [5, 5.41) is 16.7. The van der Waals surface area contributed by atoms with Crippen LogP contribution in [0.2, 0.25) is 0 Å². The molecule has 0 radical (unpaired) electrons. The van der Waals surface area contributed by atoms with E-state index in [9.17, 15) is 18.3 Å². The first-order chi connectivity index (χ1) is 21.4. The van der Waals surface area contributed by atoms with Gasteiger partial charge in [-0.15, -0.1) is 0 Å². The van der Waals surface area contributed by atoms with Crippen molar-refractivity contribution in [2.75, 3.05) is 12.3 Å². The Labute approximate surface area is 263 Å². The third-order valence-electron chi connectivity index (χ3n) is 7.71. The van der Waals surface area contributed by atoms with E-state index in [1.165, 1.54) is 5.56 Å². The molecule has 8 nitrogen and oxygen atoms in total. The normalized spacial score (nSPS) is 12.5. The molecule has 1 amide bonds. The van der Waals surface area contributed by atoms with Crippen molar-refractivity contribution in [1.82, 2.24) is 10.5 Å². The van der Waals surface area contributed by atoms with E-state index in [2.05, 4.69) is 55.5 Å². The van der Waals surface area contributed by atoms with Gasteiger partial charge in [0.05, 0.1) is 11.4 Å². The van der Waals surface area contributed by atoms with Crippen molar-refractivity contribution in [1.29, 1.82) is 0 Å². The van der Waals surface area contributed by atoms with Gasteiger partial charge in [-0.25, -0.2) is 0 Å². The van der Waals surface area contributed by atoms with Gasteiger partial charge in [0.2, 0.25) is 0 Å². The molecular weight excluding hydrogens is 588 g/mol. The Balaban J connectivity index is 1.41. The second-order valence-corrected chi connectivity index (χ2v) is 13.7. The van der Waals surface area contributed by atoms with E-state index >= 15 is 0 Å². The third-order valence-corrected chi connectivity index (χ3v) is 8.43. The molecule has 5 rings (SSSR count). The van der Waals surface area contributed by atoms with Crippen molar-refractivity contribution in [2.24, 2.45) is 0 Å². The molecule has 0 bridgehead atoms. The standard InChI is InChI=1S/C36H36N2O6S/c1-36(2,3)30-15-11-26(12-16-30)32(21-24-7-9-27(10-8-24)35(40)37-19-20-45(41,42)43)33-23-34(44-38-33)29-6-4-5-28(22-29)25-13-17-31(39)18-14-25/h4-18,22-23,32,39H,19-21H2,1-3H3,(H,37,40)(H,41,42,43). The van der Waals surface area contributed by atoms with Gasteiger partial charge in [0.1, 0.15) is 5.75 Å². The van der Waals surface area contributed by atoms with E-state index in [1.807, 2.05) is 54.6 Å². The maximum absolute atomic E-state index is 12.5. The number of nitrogens with one attached hydrogen (secondary N) is 1. The van der Waals surface area contributed by atoms with E-state index in [0.29, 0.717) is 17.7 Å². The molecule has 1 unspecified atom stereocenters. The Kier molecular flexibility index (Phi) is 9.22. The summed E-state index contributed by atoms with van der Waals surface area (Å²) in [6.07, 6.45) is 0.596. The third kappa shape index (κ3) is 8.26. The maximum atomic E-state index is 12.5. The molecule has 3 N–H and O–H groups in total. The second-order valence-electron chi connectivity index (χ2n) is 12.1. The van der Waals surface area contributed by atoms with Gasteiger partial charge in [0.15, 0.2) is 5.76 Å². The van der Waals surface area contributed by atoms with E-state index in [4.69, 9.17) is 9.08 Å². The van der Waals surface area contributed by atoms with Crippen LogP contribution in [-0.4, -0.2) is 41.4 Å². The van der Waals surface area contributed by atoms with Crippen molar-refractivity contribution >= 4 is 16.0 Å². The van der Waals surface area contributed by atoms with E-state index < -0.39 is 21.8 Å². The zero-order valence-corrected chi connectivity index (χ0v) is 26.2. The minimum atomic E-state index is -4.16. The molecule has 0 aliphatic heterocycles. The molecule has 5 aromatic rings. The molecule has 0 spiro atoms. The Morgan fingerprint density at radius 2 is 1.53 bits per heavy atom. The predicted molar refractivity (Wildman–Crippen MR) is 175 cm³/mol. The van der Waals surface area contributed by atoms with Crippen LogP contribution < -0.4 is 5.32 Å². The summed E-state index contributed by atoms with van der Waals surface area (Å²) in [7, 11) is -4.16. The number of carbonyl (C=O) groups excluding carboxylic acids is 1. The highest BCUT2D eigenvalue weighted by atomic mass is 32.2. The quantitative estimate of drug-likeness (QED) is 0.143. The van der Waals surface area contributed by atoms with Gasteiger partial charge in [-0.3, -0.25) is 9.35 Å². The molecule has 0 fully saturated rings. The van der Waals surface area contributed by atoms with Crippen LogP contribution in [0.4, 0.5) is 0 Å². The van der Waals surface area contributed by atoms with E-state index in [0.717, 1.165) is 33.5 Å². The minimum absolute atomic E-state index is 0.00929. The lowest BCUT2D eigenvalue weighted by atomic mass is 9.83. The average Bonchev–Trinajstić information content (AvgIpc) is 3.50. The maximum Gasteiger partial charge on any atom is 0.266 e. The van der Waals surface area contributed by atoms with Gasteiger partial charge in [-0.2, -0.15) is 8.42 Å². The van der Waals surface area contributed by atoms with Gasteiger partial charge in [0, 0.05) is 29.7 Å². The van der Waals surface area contributed by atoms with Crippen LogP contribution in [0.5, 0.6) is 5.75 Å². The number of phenolic OH excluding ortho intramolecular Hbond substituents is 1. The summed E-state index contributed by atoms with van der Waals surface area (Å²) in [4.78, 5) is 12.5. The summed E-state index contributed by atoms with van der Waals surface area (Å²) in [5.74, 6) is -0.252. The number of rotatable bonds is 10. The number of carbonyl (C=O) groups is 1. The van der Waals surface area contributed by atoms with Crippen LogP contribution in [0, 0.1) is 0 Å². The van der Waals surface area contributed by atoms with Gasteiger partial charge in [-0.1, -0.05) is 92.7 Å².